The van der Waals surface area contributed by atoms with E-state index in [1.165, 1.54) is 0 Å². The molecular formula is C12H13N5O. The fraction of sp³-hybridized carbons (Fsp3) is 0.167. The molecule has 0 aliphatic carbocycles. The fourth-order valence-corrected chi connectivity index (χ4v) is 2.03. The third-order valence-corrected chi connectivity index (χ3v) is 2.84. The molecule has 6 heteroatoms. The van der Waals surface area contributed by atoms with Crippen LogP contribution in [0.2, 0.25) is 0 Å². The molecule has 0 aliphatic rings. The Labute approximate surface area is 103 Å². The van der Waals surface area contributed by atoms with E-state index in [-0.39, 0.29) is 0 Å². The summed E-state index contributed by atoms with van der Waals surface area (Å²) in [6.45, 7) is 0.679. The van der Waals surface area contributed by atoms with E-state index in [4.69, 9.17) is 10.5 Å². The van der Waals surface area contributed by atoms with Gasteiger partial charge in [0.05, 0.1) is 24.6 Å². The normalized spacial score (nSPS) is 10.9. The quantitative estimate of drug-likeness (QED) is 0.728. The molecule has 3 rings (SSSR count). The molecule has 0 unspecified atom stereocenters. The van der Waals surface area contributed by atoms with Gasteiger partial charge in [-0.3, -0.25) is 9.78 Å². The van der Waals surface area contributed by atoms with Gasteiger partial charge in [-0.05, 0) is 23.8 Å². The highest BCUT2D eigenvalue weighted by Gasteiger charge is 2.10. The van der Waals surface area contributed by atoms with E-state index in [9.17, 15) is 0 Å². The Balaban J connectivity index is 2.08. The van der Waals surface area contributed by atoms with E-state index in [0.29, 0.717) is 12.4 Å². The molecule has 0 saturated carbocycles. The lowest BCUT2D eigenvalue weighted by atomic mass is 10.1. The summed E-state index contributed by atoms with van der Waals surface area (Å²) in [4.78, 5) is 0. The number of rotatable bonds is 3. The number of nitrogens with two attached hydrogens (primary N) is 1. The maximum absolute atomic E-state index is 5.80. The minimum atomic E-state index is 0.451. The van der Waals surface area contributed by atoms with Gasteiger partial charge in [0, 0.05) is 12.4 Å². The first-order chi connectivity index (χ1) is 8.78. The third kappa shape index (κ3) is 1.67. The Kier molecular flexibility index (Phi) is 2.40. The molecule has 0 radical (unpaired) electrons. The van der Waals surface area contributed by atoms with Gasteiger partial charge in [0.1, 0.15) is 5.75 Å². The SMILES string of the molecule is COc1cc(Cn2cccn2)cc2[nH]nc(N)c12. The monoisotopic (exact) mass is 243 g/mol. The highest BCUT2D eigenvalue weighted by molar-refractivity contribution is 5.94. The summed E-state index contributed by atoms with van der Waals surface area (Å²) >= 11 is 0. The van der Waals surface area contributed by atoms with Crippen molar-refractivity contribution in [3.63, 3.8) is 0 Å². The Morgan fingerprint density at radius 1 is 1.44 bits per heavy atom. The van der Waals surface area contributed by atoms with Crippen molar-refractivity contribution in [1.82, 2.24) is 20.0 Å². The molecule has 0 atom stereocenters. The van der Waals surface area contributed by atoms with E-state index >= 15 is 0 Å². The smallest absolute Gasteiger partial charge is 0.156 e. The summed E-state index contributed by atoms with van der Waals surface area (Å²) in [5.74, 6) is 1.17. The van der Waals surface area contributed by atoms with Crippen LogP contribution in [-0.4, -0.2) is 27.1 Å². The maximum Gasteiger partial charge on any atom is 0.156 e. The lowest BCUT2D eigenvalue weighted by Gasteiger charge is -2.07. The largest absolute Gasteiger partial charge is 0.496 e. The highest BCUT2D eigenvalue weighted by atomic mass is 16.5. The molecule has 3 N–H and O–H groups in total. The standard InChI is InChI=1S/C12H13N5O/c1-18-10-6-8(7-17-4-2-3-14-17)5-9-11(10)12(13)16-15-9/h2-6H,7H2,1H3,(H3,13,15,16). The van der Waals surface area contributed by atoms with Crippen LogP contribution in [0.4, 0.5) is 5.82 Å². The van der Waals surface area contributed by atoms with Gasteiger partial charge < -0.3 is 10.5 Å². The van der Waals surface area contributed by atoms with E-state index < -0.39 is 0 Å². The van der Waals surface area contributed by atoms with Crippen LogP contribution in [-0.2, 0) is 6.54 Å². The van der Waals surface area contributed by atoms with Crippen molar-refractivity contribution >= 4 is 16.7 Å². The van der Waals surface area contributed by atoms with Gasteiger partial charge in [0.15, 0.2) is 5.82 Å². The van der Waals surface area contributed by atoms with Gasteiger partial charge >= 0.3 is 0 Å². The first kappa shape index (κ1) is 10.6. The highest BCUT2D eigenvalue weighted by Crippen LogP contribution is 2.30. The molecule has 0 aliphatic heterocycles. The number of anilines is 1. The van der Waals surface area contributed by atoms with Crippen molar-refractivity contribution in [1.29, 1.82) is 0 Å². The number of hydrogen-bond acceptors (Lipinski definition) is 4. The van der Waals surface area contributed by atoms with Crippen LogP contribution >= 0.6 is 0 Å². The van der Waals surface area contributed by atoms with Crippen LogP contribution in [0.15, 0.2) is 30.6 Å². The van der Waals surface area contributed by atoms with Crippen molar-refractivity contribution in [3.8, 4) is 5.75 Å². The maximum atomic E-state index is 5.80. The molecule has 0 saturated heterocycles. The van der Waals surface area contributed by atoms with Crippen molar-refractivity contribution < 1.29 is 4.74 Å². The second-order valence-corrected chi connectivity index (χ2v) is 4.03. The third-order valence-electron chi connectivity index (χ3n) is 2.84. The average molecular weight is 243 g/mol. The van der Waals surface area contributed by atoms with Gasteiger partial charge in [-0.2, -0.15) is 10.2 Å². The van der Waals surface area contributed by atoms with E-state index in [0.717, 1.165) is 22.2 Å². The van der Waals surface area contributed by atoms with Gasteiger partial charge in [0.25, 0.3) is 0 Å². The summed E-state index contributed by atoms with van der Waals surface area (Å²) in [5, 5.41) is 11.9. The second kappa shape index (κ2) is 4.06. The molecule has 18 heavy (non-hydrogen) atoms. The van der Waals surface area contributed by atoms with Crippen LogP contribution in [0.25, 0.3) is 10.9 Å². The van der Waals surface area contributed by atoms with Gasteiger partial charge in [-0.15, -0.1) is 0 Å². The molecule has 2 aromatic heterocycles. The number of nitrogens with zero attached hydrogens (tertiary/aromatic N) is 3. The van der Waals surface area contributed by atoms with Gasteiger partial charge in [-0.1, -0.05) is 0 Å². The van der Waals surface area contributed by atoms with Gasteiger partial charge in [-0.25, -0.2) is 0 Å². The number of aromatic nitrogens is 4. The van der Waals surface area contributed by atoms with Crippen LogP contribution in [0.1, 0.15) is 5.56 Å². The predicted molar refractivity (Wildman–Crippen MR) is 68.4 cm³/mol. The molecule has 0 amide bonds. The van der Waals surface area contributed by atoms with Gasteiger partial charge in [0.2, 0.25) is 0 Å². The Hall–Kier alpha value is -2.50. The number of H-pyrrole nitrogens is 1. The minimum absolute atomic E-state index is 0.451. The number of benzene rings is 1. The number of methoxy groups -OCH3 is 1. The lowest BCUT2D eigenvalue weighted by Crippen LogP contribution is -2.00. The summed E-state index contributed by atoms with van der Waals surface area (Å²) in [5.41, 5.74) is 7.74. The summed E-state index contributed by atoms with van der Waals surface area (Å²) in [6.07, 6.45) is 3.67. The van der Waals surface area contributed by atoms with Crippen molar-refractivity contribution in [2.45, 2.75) is 6.54 Å². The number of hydrogen-bond donors (Lipinski definition) is 2. The zero-order valence-electron chi connectivity index (χ0n) is 9.92. The molecule has 0 bridgehead atoms. The Bertz CT molecular complexity index is 671. The second-order valence-electron chi connectivity index (χ2n) is 4.03. The van der Waals surface area contributed by atoms with Crippen molar-refractivity contribution in [3.05, 3.63) is 36.2 Å². The molecule has 1 aromatic carbocycles. The van der Waals surface area contributed by atoms with Crippen LogP contribution in [0.5, 0.6) is 5.75 Å². The number of ether oxygens (including phenoxy) is 1. The van der Waals surface area contributed by atoms with Crippen molar-refractivity contribution in [2.75, 3.05) is 12.8 Å². The molecule has 0 fully saturated rings. The number of nitrogens with one attached hydrogen (secondary N) is 1. The number of fused-ring (bicyclic) bond motifs is 1. The minimum Gasteiger partial charge on any atom is -0.496 e. The summed E-state index contributed by atoms with van der Waals surface area (Å²) in [6, 6.07) is 5.85. The molecule has 92 valence electrons. The Morgan fingerprint density at radius 3 is 3.06 bits per heavy atom. The van der Waals surface area contributed by atoms with E-state index in [1.807, 2.05) is 29.1 Å². The zero-order valence-corrected chi connectivity index (χ0v) is 9.92. The first-order valence-electron chi connectivity index (χ1n) is 5.56. The number of nitrogen functional groups attached to an aromatic ring is 1. The summed E-state index contributed by atoms with van der Waals surface area (Å²) in [7, 11) is 1.62. The van der Waals surface area contributed by atoms with Crippen molar-refractivity contribution in [2.24, 2.45) is 0 Å². The van der Waals surface area contributed by atoms with Crippen LogP contribution in [0.3, 0.4) is 0 Å². The van der Waals surface area contributed by atoms with E-state index in [1.54, 1.807) is 13.3 Å². The molecule has 2 heterocycles. The lowest BCUT2D eigenvalue weighted by molar-refractivity contribution is 0.419. The number of aromatic amines is 1. The van der Waals surface area contributed by atoms with Crippen LogP contribution < -0.4 is 10.5 Å². The molecular weight excluding hydrogens is 230 g/mol. The topological polar surface area (TPSA) is 81.8 Å². The Morgan fingerprint density at radius 2 is 2.33 bits per heavy atom. The molecule has 6 nitrogen and oxygen atoms in total. The average Bonchev–Trinajstić information content (AvgIpc) is 2.99. The molecule has 3 aromatic rings. The molecule has 0 spiro atoms. The fourth-order valence-electron chi connectivity index (χ4n) is 2.03. The van der Waals surface area contributed by atoms with Crippen LogP contribution in [0, 0.1) is 0 Å². The zero-order chi connectivity index (χ0) is 12.5. The first-order valence-corrected chi connectivity index (χ1v) is 5.56. The summed E-state index contributed by atoms with van der Waals surface area (Å²) < 4.78 is 7.20. The predicted octanol–water partition coefficient (Wildman–Crippen LogP) is 1.40. The van der Waals surface area contributed by atoms with E-state index in [2.05, 4.69) is 15.3 Å².